The molecule has 0 aliphatic carbocycles. The average Bonchev–Trinajstić information content (AvgIpc) is 3.54. The molecule has 0 amide bonds. The zero-order valence-electron chi connectivity index (χ0n) is 16.6. The van der Waals surface area contributed by atoms with Crippen LogP contribution in [-0.2, 0) is 11.3 Å². The first-order valence-corrected chi connectivity index (χ1v) is 11.0. The van der Waals surface area contributed by atoms with Crippen molar-refractivity contribution in [3.8, 4) is 22.9 Å². The van der Waals surface area contributed by atoms with E-state index in [0.717, 1.165) is 25.0 Å². The summed E-state index contributed by atoms with van der Waals surface area (Å²) >= 11 is 1.32. The van der Waals surface area contributed by atoms with E-state index in [1.165, 1.54) is 23.9 Å². The van der Waals surface area contributed by atoms with Crippen LogP contribution in [0, 0.1) is 5.82 Å². The molecule has 5 rings (SSSR count). The van der Waals surface area contributed by atoms with Gasteiger partial charge in [0.25, 0.3) is 0 Å². The van der Waals surface area contributed by atoms with Crippen LogP contribution in [0.4, 0.5) is 4.39 Å². The van der Waals surface area contributed by atoms with Gasteiger partial charge >= 0.3 is 0 Å². The van der Waals surface area contributed by atoms with Gasteiger partial charge < -0.3 is 14.2 Å². The molecule has 1 atom stereocenters. The Morgan fingerprint density at radius 2 is 1.97 bits per heavy atom. The number of ketones is 1. The molecule has 3 aromatic rings. The molecule has 31 heavy (non-hydrogen) atoms. The molecule has 0 spiro atoms. The smallest absolute Gasteiger partial charge is 0.231 e. The number of carbonyl (C=O) groups excluding carboxylic acids is 1. The molecule has 1 saturated heterocycles. The molecule has 2 aliphatic rings. The van der Waals surface area contributed by atoms with E-state index in [2.05, 4.69) is 10.2 Å². The third kappa shape index (κ3) is 4.28. The highest BCUT2D eigenvalue weighted by Gasteiger charge is 2.23. The van der Waals surface area contributed by atoms with Crippen molar-refractivity contribution in [1.29, 1.82) is 0 Å². The molecule has 0 unspecified atom stereocenters. The first-order chi connectivity index (χ1) is 15.2. The molecule has 7 nitrogen and oxygen atoms in total. The van der Waals surface area contributed by atoms with Crippen LogP contribution in [0.3, 0.4) is 0 Å². The molecule has 9 heteroatoms. The predicted molar refractivity (Wildman–Crippen MR) is 112 cm³/mol. The normalized spacial score (nSPS) is 17.3. The second-order valence-corrected chi connectivity index (χ2v) is 8.28. The van der Waals surface area contributed by atoms with Crippen LogP contribution in [0.25, 0.3) is 11.4 Å². The lowest BCUT2D eigenvalue weighted by Gasteiger charge is -2.14. The Morgan fingerprint density at radius 1 is 1.13 bits per heavy atom. The van der Waals surface area contributed by atoms with Crippen LogP contribution in [0.2, 0.25) is 0 Å². The summed E-state index contributed by atoms with van der Waals surface area (Å²) in [7, 11) is 0. The van der Waals surface area contributed by atoms with Crippen LogP contribution in [0.5, 0.6) is 11.5 Å². The topological polar surface area (TPSA) is 75.5 Å². The largest absolute Gasteiger partial charge is 0.454 e. The van der Waals surface area contributed by atoms with Crippen LogP contribution in [0.1, 0.15) is 23.2 Å². The Labute approximate surface area is 182 Å². The number of benzene rings is 2. The van der Waals surface area contributed by atoms with Crippen molar-refractivity contribution < 1.29 is 23.4 Å². The monoisotopic (exact) mass is 441 g/mol. The molecule has 0 saturated carbocycles. The highest BCUT2D eigenvalue weighted by molar-refractivity contribution is 7.99. The van der Waals surface area contributed by atoms with Gasteiger partial charge in [0.05, 0.1) is 18.4 Å². The van der Waals surface area contributed by atoms with E-state index < -0.39 is 0 Å². The van der Waals surface area contributed by atoms with Gasteiger partial charge in [-0.1, -0.05) is 11.8 Å². The van der Waals surface area contributed by atoms with E-state index >= 15 is 0 Å². The fourth-order valence-corrected chi connectivity index (χ4v) is 4.49. The van der Waals surface area contributed by atoms with Gasteiger partial charge in [-0.3, -0.25) is 9.36 Å². The number of aromatic nitrogens is 3. The SMILES string of the molecule is O=C(CSc1nnc(-c2ccc(F)cc2)n1C[C@@H]1CCCO1)c1ccc2c(c1)OCO2. The Hall–Kier alpha value is -2.91. The van der Waals surface area contributed by atoms with Gasteiger partial charge in [0.2, 0.25) is 6.79 Å². The molecule has 0 N–H and O–H groups in total. The lowest BCUT2D eigenvalue weighted by atomic mass is 10.1. The first-order valence-electron chi connectivity index (χ1n) is 10.0. The van der Waals surface area contributed by atoms with Crippen LogP contribution < -0.4 is 9.47 Å². The maximum absolute atomic E-state index is 13.4. The Morgan fingerprint density at radius 3 is 2.77 bits per heavy atom. The lowest BCUT2D eigenvalue weighted by molar-refractivity contribution is 0.0953. The predicted octanol–water partition coefficient (Wildman–Crippen LogP) is 3.97. The summed E-state index contributed by atoms with van der Waals surface area (Å²) < 4.78 is 31.8. The molecule has 0 bridgehead atoms. The van der Waals surface area contributed by atoms with E-state index in [9.17, 15) is 9.18 Å². The Balaban J connectivity index is 1.36. The second-order valence-electron chi connectivity index (χ2n) is 7.34. The number of carbonyl (C=O) groups is 1. The minimum absolute atomic E-state index is 0.0432. The van der Waals surface area contributed by atoms with Crippen molar-refractivity contribution in [2.75, 3.05) is 19.2 Å². The molecule has 0 radical (unpaired) electrons. The number of thioether (sulfide) groups is 1. The van der Waals surface area contributed by atoms with Crippen LogP contribution in [-0.4, -0.2) is 45.8 Å². The number of fused-ring (bicyclic) bond motifs is 1. The molecular weight excluding hydrogens is 421 g/mol. The quantitative estimate of drug-likeness (QED) is 0.406. The standard InChI is InChI=1S/C22H20FN3O4S/c23-16-6-3-14(4-7-16)21-24-25-22(26(21)11-17-2-1-9-28-17)31-12-18(27)15-5-8-19-20(10-15)30-13-29-19/h3-8,10,17H,1-2,9,11-13H2/t17-/m0/s1. The van der Waals surface area contributed by atoms with E-state index in [1.54, 1.807) is 30.3 Å². The minimum atomic E-state index is -0.308. The molecular formula is C22H20FN3O4S. The minimum Gasteiger partial charge on any atom is -0.454 e. The number of hydrogen-bond acceptors (Lipinski definition) is 7. The number of hydrogen-bond donors (Lipinski definition) is 0. The maximum Gasteiger partial charge on any atom is 0.231 e. The number of halogens is 1. The van der Waals surface area contributed by atoms with Gasteiger partial charge in [-0.25, -0.2) is 4.39 Å². The van der Waals surface area contributed by atoms with Gasteiger partial charge in [0, 0.05) is 17.7 Å². The summed E-state index contributed by atoms with van der Waals surface area (Å²) in [4.78, 5) is 12.7. The number of Topliss-reactive ketones (excluding diaryl/α,β-unsaturated/α-hetero) is 1. The van der Waals surface area contributed by atoms with E-state index in [4.69, 9.17) is 14.2 Å². The van der Waals surface area contributed by atoms with E-state index in [0.29, 0.717) is 34.6 Å². The summed E-state index contributed by atoms with van der Waals surface area (Å²) in [6.45, 7) is 1.49. The summed E-state index contributed by atoms with van der Waals surface area (Å²) in [6, 6.07) is 11.3. The number of nitrogens with zero attached hydrogens (tertiary/aromatic N) is 3. The zero-order valence-corrected chi connectivity index (χ0v) is 17.4. The zero-order chi connectivity index (χ0) is 21.2. The second kappa shape index (κ2) is 8.68. The van der Waals surface area contributed by atoms with Gasteiger partial charge in [-0.15, -0.1) is 10.2 Å². The van der Waals surface area contributed by atoms with Crippen LogP contribution in [0.15, 0.2) is 47.6 Å². The highest BCUT2D eigenvalue weighted by Crippen LogP contribution is 2.33. The van der Waals surface area contributed by atoms with Crippen LogP contribution >= 0.6 is 11.8 Å². The molecule has 1 fully saturated rings. The maximum atomic E-state index is 13.4. The van der Waals surface area contributed by atoms with Crippen molar-refractivity contribution >= 4 is 17.5 Å². The fraction of sp³-hybridized carbons (Fsp3) is 0.318. The third-order valence-electron chi connectivity index (χ3n) is 5.26. The van der Waals surface area contributed by atoms with Gasteiger partial charge in [0.1, 0.15) is 5.82 Å². The van der Waals surface area contributed by atoms with E-state index in [1.807, 2.05) is 4.57 Å². The Kier molecular flexibility index (Phi) is 5.61. The number of ether oxygens (including phenoxy) is 3. The summed E-state index contributed by atoms with van der Waals surface area (Å²) in [5.74, 6) is 1.71. The first kappa shape index (κ1) is 20.0. The fourth-order valence-electron chi connectivity index (χ4n) is 3.65. The molecule has 2 aliphatic heterocycles. The molecule has 2 aromatic carbocycles. The Bertz CT molecular complexity index is 1100. The average molecular weight is 441 g/mol. The van der Waals surface area contributed by atoms with Gasteiger partial charge in [0.15, 0.2) is 28.3 Å². The van der Waals surface area contributed by atoms with Crippen molar-refractivity contribution in [2.45, 2.75) is 30.6 Å². The van der Waals surface area contributed by atoms with Crippen molar-refractivity contribution in [1.82, 2.24) is 14.8 Å². The molecule has 1 aromatic heterocycles. The third-order valence-corrected chi connectivity index (χ3v) is 6.22. The highest BCUT2D eigenvalue weighted by atomic mass is 32.2. The molecule has 3 heterocycles. The van der Waals surface area contributed by atoms with Crippen molar-refractivity contribution in [3.63, 3.8) is 0 Å². The van der Waals surface area contributed by atoms with Crippen molar-refractivity contribution in [2.24, 2.45) is 0 Å². The summed E-state index contributed by atoms with van der Waals surface area (Å²) in [5.41, 5.74) is 1.32. The van der Waals surface area contributed by atoms with Crippen molar-refractivity contribution in [3.05, 3.63) is 53.8 Å². The summed E-state index contributed by atoms with van der Waals surface area (Å²) in [5, 5.41) is 9.26. The molecule has 160 valence electrons. The summed E-state index contributed by atoms with van der Waals surface area (Å²) in [6.07, 6.45) is 2.05. The van der Waals surface area contributed by atoms with Gasteiger partial charge in [-0.05, 0) is 55.3 Å². The lowest BCUT2D eigenvalue weighted by Crippen LogP contribution is -2.17. The number of rotatable bonds is 7. The van der Waals surface area contributed by atoms with Gasteiger partial charge in [-0.2, -0.15) is 0 Å². The van der Waals surface area contributed by atoms with E-state index in [-0.39, 0.29) is 30.3 Å².